The van der Waals surface area contributed by atoms with E-state index in [1.807, 2.05) is 0 Å². The van der Waals surface area contributed by atoms with E-state index in [0.29, 0.717) is 5.41 Å². The second-order valence-corrected chi connectivity index (χ2v) is 20.4. The molecule has 4 saturated carbocycles. The van der Waals surface area contributed by atoms with Crippen molar-refractivity contribution < 1.29 is 0 Å². The van der Waals surface area contributed by atoms with Crippen LogP contribution in [-0.4, -0.2) is 0 Å². The van der Waals surface area contributed by atoms with Crippen LogP contribution in [0.5, 0.6) is 0 Å². The summed E-state index contributed by atoms with van der Waals surface area (Å²) in [5.74, 6) is 2.88. The van der Waals surface area contributed by atoms with E-state index < -0.39 is 0 Å². The van der Waals surface area contributed by atoms with Gasteiger partial charge in [0.1, 0.15) is 0 Å². The lowest BCUT2D eigenvalue weighted by atomic mass is 9.48. The van der Waals surface area contributed by atoms with Crippen molar-refractivity contribution in [3.63, 3.8) is 0 Å². The molecule has 1 nitrogen and oxygen atoms in total. The van der Waals surface area contributed by atoms with Gasteiger partial charge in [-0.2, -0.15) is 0 Å². The quantitative estimate of drug-likeness (QED) is 0.155. The van der Waals surface area contributed by atoms with Gasteiger partial charge in [0.25, 0.3) is 0 Å². The van der Waals surface area contributed by atoms with Gasteiger partial charge >= 0.3 is 0 Å². The Balaban J connectivity index is 0.846. The van der Waals surface area contributed by atoms with Crippen LogP contribution in [0.4, 0.5) is 17.1 Å². The fourth-order valence-electron chi connectivity index (χ4n) is 13.3. The number of benzene rings is 9. The summed E-state index contributed by atoms with van der Waals surface area (Å²) in [7, 11) is 0. The van der Waals surface area contributed by atoms with Gasteiger partial charge < -0.3 is 4.90 Å². The average molecular weight is 824 g/mol. The molecule has 1 heteroatoms. The Kier molecular flexibility index (Phi) is 8.52. The lowest BCUT2D eigenvalue weighted by Gasteiger charge is -2.57. The molecule has 0 radical (unpaired) electrons. The standard InChI is InChI=1S/C63H53N/c1-62(2)60-36-53(46-15-22-54(23-16-46)63-38-41-31-42(39-63)33-43(32-41)40-63)21-29-58(60)59-30-28-57(37-61(59)62)64(55-24-17-47(18-25-55)51-13-11-44-7-3-5-9-49(44)34-51)56-26-19-48(20-27-56)52-14-12-45-8-4-6-10-50(45)35-52/h3-30,34-37,41-43H,31-33,38-40H2,1-2H3. The highest BCUT2D eigenvalue weighted by atomic mass is 15.1. The molecule has 0 amide bonds. The Hall–Kier alpha value is -6.70. The second-order valence-electron chi connectivity index (χ2n) is 20.4. The van der Waals surface area contributed by atoms with Gasteiger partial charge in [0.2, 0.25) is 0 Å². The van der Waals surface area contributed by atoms with Crippen molar-refractivity contribution in [1.29, 1.82) is 0 Å². The van der Waals surface area contributed by atoms with Gasteiger partial charge in [-0.3, -0.25) is 0 Å². The molecule has 4 fully saturated rings. The van der Waals surface area contributed by atoms with E-state index in [-0.39, 0.29) is 5.41 Å². The Labute approximate surface area is 378 Å². The minimum Gasteiger partial charge on any atom is -0.310 e. The Morgan fingerprint density at radius 1 is 0.359 bits per heavy atom. The zero-order chi connectivity index (χ0) is 42.6. The topological polar surface area (TPSA) is 3.24 Å². The summed E-state index contributed by atoms with van der Waals surface area (Å²) in [4.78, 5) is 2.43. The highest BCUT2D eigenvalue weighted by Gasteiger charge is 2.51. The molecular weight excluding hydrogens is 771 g/mol. The van der Waals surface area contributed by atoms with E-state index in [9.17, 15) is 0 Å². The third-order valence-corrected chi connectivity index (χ3v) is 16.2. The Morgan fingerprint density at radius 3 is 1.27 bits per heavy atom. The maximum atomic E-state index is 2.50. The summed E-state index contributed by atoms with van der Waals surface area (Å²) in [6.45, 7) is 4.84. The van der Waals surface area contributed by atoms with E-state index in [0.717, 1.165) is 34.8 Å². The van der Waals surface area contributed by atoms with E-state index in [2.05, 4.69) is 213 Å². The molecular formula is C63H53N. The number of fused-ring (bicyclic) bond motifs is 5. The summed E-state index contributed by atoms with van der Waals surface area (Å²) < 4.78 is 0. The van der Waals surface area contributed by atoms with E-state index >= 15 is 0 Å². The SMILES string of the molecule is CC1(C)c2cc(-c3ccc(C45CC6CC(CC(C6)C4)C5)cc3)ccc2-c2ccc(N(c3ccc(-c4ccc5ccccc5c4)cc3)c3ccc(-c4ccc5ccccc5c4)cc3)cc21. The van der Waals surface area contributed by atoms with Gasteiger partial charge in [0, 0.05) is 22.5 Å². The first-order valence-corrected chi connectivity index (χ1v) is 23.7. The molecule has 0 saturated heterocycles. The highest BCUT2D eigenvalue weighted by Crippen LogP contribution is 2.61. The molecule has 310 valence electrons. The predicted octanol–water partition coefficient (Wildman–Crippen LogP) is 17.2. The van der Waals surface area contributed by atoms with Crippen LogP contribution in [0, 0.1) is 17.8 Å². The summed E-state index contributed by atoms with van der Waals surface area (Å²) in [6.07, 6.45) is 8.71. The van der Waals surface area contributed by atoms with Crippen LogP contribution in [0.3, 0.4) is 0 Å². The fraction of sp³-hybridized carbons (Fsp3) is 0.206. The van der Waals surface area contributed by atoms with E-state index in [1.165, 1.54) is 116 Å². The van der Waals surface area contributed by atoms with Crippen LogP contribution in [-0.2, 0) is 10.8 Å². The third kappa shape index (κ3) is 6.19. The minimum absolute atomic E-state index is 0.165. The maximum absolute atomic E-state index is 2.50. The minimum atomic E-state index is -0.165. The van der Waals surface area contributed by atoms with Crippen molar-refractivity contribution >= 4 is 38.6 Å². The van der Waals surface area contributed by atoms with Crippen molar-refractivity contribution in [3.05, 3.63) is 211 Å². The molecule has 5 aliphatic carbocycles. The molecule has 0 heterocycles. The number of anilines is 3. The Bertz CT molecular complexity index is 3100. The van der Waals surface area contributed by atoms with Crippen LogP contribution < -0.4 is 4.90 Å². The van der Waals surface area contributed by atoms with Crippen LogP contribution >= 0.6 is 0 Å². The maximum Gasteiger partial charge on any atom is 0.0465 e. The van der Waals surface area contributed by atoms with Gasteiger partial charge in [-0.1, -0.05) is 153 Å². The highest BCUT2D eigenvalue weighted by molar-refractivity contribution is 5.91. The average Bonchev–Trinajstić information content (AvgIpc) is 3.56. The zero-order valence-corrected chi connectivity index (χ0v) is 36.9. The number of hydrogen-bond donors (Lipinski definition) is 0. The van der Waals surface area contributed by atoms with Crippen molar-refractivity contribution in [3.8, 4) is 44.5 Å². The number of nitrogens with zero attached hydrogens (tertiary/aromatic N) is 1. The first-order valence-electron chi connectivity index (χ1n) is 23.7. The van der Waals surface area contributed by atoms with Crippen molar-refractivity contribution in [1.82, 2.24) is 0 Å². The van der Waals surface area contributed by atoms with Crippen LogP contribution in [0.15, 0.2) is 194 Å². The Morgan fingerprint density at radius 2 is 0.750 bits per heavy atom. The molecule has 0 N–H and O–H groups in total. The molecule has 4 bridgehead atoms. The predicted molar refractivity (Wildman–Crippen MR) is 270 cm³/mol. The molecule has 14 rings (SSSR count). The van der Waals surface area contributed by atoms with E-state index in [1.54, 1.807) is 5.56 Å². The largest absolute Gasteiger partial charge is 0.310 e. The van der Waals surface area contributed by atoms with Crippen molar-refractivity contribution in [2.45, 2.75) is 63.2 Å². The van der Waals surface area contributed by atoms with Crippen molar-refractivity contribution in [2.75, 3.05) is 4.90 Å². The summed E-state index contributed by atoms with van der Waals surface area (Å²) in [5, 5.41) is 5.05. The third-order valence-electron chi connectivity index (χ3n) is 16.2. The summed E-state index contributed by atoms with van der Waals surface area (Å²) in [5.41, 5.74) is 18.3. The molecule has 0 aromatic heterocycles. The lowest BCUT2D eigenvalue weighted by molar-refractivity contribution is -0.00518. The first-order chi connectivity index (χ1) is 31.3. The molecule has 0 aliphatic heterocycles. The molecule has 0 unspecified atom stereocenters. The van der Waals surface area contributed by atoms with Gasteiger partial charge in [-0.25, -0.2) is 0 Å². The molecule has 64 heavy (non-hydrogen) atoms. The molecule has 9 aromatic carbocycles. The molecule has 0 atom stereocenters. The fourth-order valence-corrected chi connectivity index (χ4v) is 13.3. The summed E-state index contributed by atoms with van der Waals surface area (Å²) >= 11 is 0. The monoisotopic (exact) mass is 823 g/mol. The summed E-state index contributed by atoms with van der Waals surface area (Å²) in [6, 6.07) is 73.3. The lowest BCUT2D eigenvalue weighted by Crippen LogP contribution is -2.48. The normalized spacial score (nSPS) is 21.2. The molecule has 5 aliphatic rings. The van der Waals surface area contributed by atoms with Crippen molar-refractivity contribution in [2.24, 2.45) is 17.8 Å². The first kappa shape index (κ1) is 37.8. The van der Waals surface area contributed by atoms with Crippen LogP contribution in [0.1, 0.15) is 69.1 Å². The molecule has 9 aromatic rings. The smallest absolute Gasteiger partial charge is 0.0465 e. The molecule has 0 spiro atoms. The van der Waals surface area contributed by atoms with Crippen LogP contribution in [0.25, 0.3) is 66.1 Å². The van der Waals surface area contributed by atoms with Gasteiger partial charge in [0.15, 0.2) is 0 Å². The van der Waals surface area contributed by atoms with Gasteiger partial charge in [-0.05, 0) is 199 Å². The van der Waals surface area contributed by atoms with Gasteiger partial charge in [0.05, 0.1) is 0 Å². The zero-order valence-electron chi connectivity index (χ0n) is 36.9. The second kappa shape index (κ2) is 14.4. The van der Waals surface area contributed by atoms with E-state index in [4.69, 9.17) is 0 Å². The number of rotatable bonds is 7. The van der Waals surface area contributed by atoms with Gasteiger partial charge in [-0.15, -0.1) is 0 Å². The van der Waals surface area contributed by atoms with Crippen LogP contribution in [0.2, 0.25) is 0 Å². The number of hydrogen-bond acceptors (Lipinski definition) is 1.